The van der Waals surface area contributed by atoms with Gasteiger partial charge in [-0.25, -0.2) is 9.59 Å². The molecule has 2 unspecified atom stereocenters. The van der Waals surface area contributed by atoms with Crippen molar-refractivity contribution in [3.63, 3.8) is 0 Å². The van der Waals surface area contributed by atoms with Gasteiger partial charge in [0.05, 0.1) is 5.88 Å². The largest absolute Gasteiger partial charge is 0.480 e. The first-order chi connectivity index (χ1) is 16.9. The zero-order chi connectivity index (χ0) is 24.6. The molecule has 2 aromatic rings. The molecule has 2 amide bonds. The van der Waals surface area contributed by atoms with Gasteiger partial charge in [-0.15, -0.1) is 11.8 Å². The average molecular weight is 495 g/mol. The van der Waals surface area contributed by atoms with Gasteiger partial charge in [-0.1, -0.05) is 68.3 Å². The predicted molar refractivity (Wildman–Crippen MR) is 134 cm³/mol. The number of hydrogen-bond donors (Lipinski definition) is 2. The fraction of sp³-hybridized carbons (Fsp3) is 0.444. The Morgan fingerprint density at radius 1 is 1.11 bits per heavy atom. The van der Waals surface area contributed by atoms with E-state index in [0.29, 0.717) is 24.5 Å². The molecule has 184 valence electrons. The highest BCUT2D eigenvalue weighted by Gasteiger charge is 2.49. The van der Waals surface area contributed by atoms with Crippen molar-refractivity contribution < 1.29 is 24.2 Å². The summed E-state index contributed by atoms with van der Waals surface area (Å²) >= 11 is 1.42. The minimum absolute atomic E-state index is 0.0727. The molecule has 0 aromatic heterocycles. The van der Waals surface area contributed by atoms with Gasteiger partial charge in [0.2, 0.25) is 5.91 Å². The topological polar surface area (TPSA) is 95.9 Å². The SMILES string of the molecule is CC1CCCC(NC(=O)OCC2c3ccccc3-c3ccccc32)(C(=O)N2CSC[C@H]2C(=O)O)C1. The molecule has 7 nitrogen and oxygen atoms in total. The van der Waals surface area contributed by atoms with Crippen LogP contribution in [-0.4, -0.2) is 57.8 Å². The highest BCUT2D eigenvalue weighted by atomic mass is 32.2. The summed E-state index contributed by atoms with van der Waals surface area (Å²) in [6, 6.07) is 15.4. The Morgan fingerprint density at radius 3 is 2.40 bits per heavy atom. The molecule has 35 heavy (non-hydrogen) atoms. The second-order valence-corrected chi connectivity index (χ2v) is 10.9. The van der Waals surface area contributed by atoms with Gasteiger partial charge in [0.15, 0.2) is 0 Å². The van der Waals surface area contributed by atoms with Gasteiger partial charge in [-0.2, -0.15) is 0 Å². The molecule has 1 heterocycles. The van der Waals surface area contributed by atoms with Gasteiger partial charge in [0.1, 0.15) is 18.2 Å². The van der Waals surface area contributed by atoms with Gasteiger partial charge >= 0.3 is 12.1 Å². The highest BCUT2D eigenvalue weighted by Crippen LogP contribution is 2.44. The lowest BCUT2D eigenvalue weighted by atomic mass is 9.75. The van der Waals surface area contributed by atoms with Crippen molar-refractivity contribution in [2.24, 2.45) is 5.92 Å². The van der Waals surface area contributed by atoms with E-state index in [2.05, 4.69) is 36.5 Å². The van der Waals surface area contributed by atoms with Crippen LogP contribution in [0.15, 0.2) is 48.5 Å². The van der Waals surface area contributed by atoms with E-state index in [1.165, 1.54) is 16.7 Å². The van der Waals surface area contributed by atoms with Crippen molar-refractivity contribution in [2.75, 3.05) is 18.2 Å². The summed E-state index contributed by atoms with van der Waals surface area (Å²) in [6.45, 7) is 2.23. The van der Waals surface area contributed by atoms with Crippen LogP contribution in [0.2, 0.25) is 0 Å². The van der Waals surface area contributed by atoms with Crippen molar-refractivity contribution in [3.8, 4) is 11.1 Å². The molecule has 1 saturated carbocycles. The zero-order valence-corrected chi connectivity index (χ0v) is 20.6. The number of nitrogens with zero attached hydrogens (tertiary/aromatic N) is 1. The molecule has 0 radical (unpaired) electrons. The number of thioether (sulfide) groups is 1. The van der Waals surface area contributed by atoms with Crippen LogP contribution in [0.4, 0.5) is 4.79 Å². The number of nitrogens with one attached hydrogen (secondary N) is 1. The van der Waals surface area contributed by atoms with Crippen molar-refractivity contribution in [1.29, 1.82) is 0 Å². The molecule has 1 saturated heterocycles. The van der Waals surface area contributed by atoms with Crippen LogP contribution in [0.25, 0.3) is 11.1 Å². The Balaban J connectivity index is 1.33. The van der Waals surface area contributed by atoms with Gasteiger partial charge < -0.3 is 20.1 Å². The summed E-state index contributed by atoms with van der Waals surface area (Å²) in [5, 5.41) is 12.5. The number of ether oxygens (including phenoxy) is 1. The van der Waals surface area contributed by atoms with Gasteiger partial charge in [0.25, 0.3) is 0 Å². The van der Waals surface area contributed by atoms with E-state index in [0.717, 1.165) is 35.1 Å². The first-order valence-corrected chi connectivity index (χ1v) is 13.3. The third-order valence-corrected chi connectivity index (χ3v) is 8.53. The maximum atomic E-state index is 13.7. The molecule has 2 aliphatic carbocycles. The van der Waals surface area contributed by atoms with Crippen molar-refractivity contribution >= 4 is 29.7 Å². The van der Waals surface area contributed by atoms with Gasteiger partial charge in [0, 0.05) is 11.7 Å². The fourth-order valence-corrected chi connectivity index (χ4v) is 7.01. The first kappa shape index (κ1) is 23.7. The second-order valence-electron chi connectivity index (χ2n) is 9.86. The lowest BCUT2D eigenvalue weighted by molar-refractivity contribution is -0.151. The van der Waals surface area contributed by atoms with Crippen LogP contribution in [0.3, 0.4) is 0 Å². The summed E-state index contributed by atoms with van der Waals surface area (Å²) in [6.07, 6.45) is 2.08. The van der Waals surface area contributed by atoms with E-state index in [1.807, 2.05) is 24.3 Å². The number of carboxylic acids is 1. The Bertz CT molecular complexity index is 1110. The predicted octanol–water partition coefficient (Wildman–Crippen LogP) is 4.46. The second kappa shape index (κ2) is 9.57. The Kier molecular flexibility index (Phi) is 6.49. The van der Waals surface area contributed by atoms with Crippen LogP contribution in [-0.2, 0) is 14.3 Å². The number of carboxylic acid groups (broad SMARTS) is 1. The standard InChI is InChI=1S/C27H30N2O5S/c1-17-7-6-12-27(13-17,25(32)29-16-35-15-23(29)24(30)31)28-26(33)34-14-22-20-10-4-2-8-18(20)19-9-3-5-11-21(19)22/h2-5,8-11,17,22-23H,6-7,12-16H2,1H3,(H,28,33)(H,30,31)/t17?,23-,27?/m0/s1. The highest BCUT2D eigenvalue weighted by molar-refractivity contribution is 7.99. The summed E-state index contributed by atoms with van der Waals surface area (Å²) < 4.78 is 5.75. The van der Waals surface area contributed by atoms with E-state index in [-0.39, 0.29) is 24.3 Å². The Morgan fingerprint density at radius 2 is 1.77 bits per heavy atom. The summed E-state index contributed by atoms with van der Waals surface area (Å²) in [7, 11) is 0. The minimum Gasteiger partial charge on any atom is -0.480 e. The number of rotatable bonds is 5. The minimum atomic E-state index is -1.14. The molecule has 2 N–H and O–H groups in total. The molecule has 1 aliphatic heterocycles. The third kappa shape index (κ3) is 4.40. The molecule has 2 aromatic carbocycles. The first-order valence-electron chi connectivity index (χ1n) is 12.1. The van der Waals surface area contributed by atoms with Crippen LogP contribution in [0.1, 0.15) is 49.7 Å². The smallest absolute Gasteiger partial charge is 0.408 e. The summed E-state index contributed by atoms with van der Waals surface area (Å²) in [5.74, 6) is -0.481. The molecular weight excluding hydrogens is 464 g/mol. The Hall–Kier alpha value is -3.00. The summed E-state index contributed by atoms with van der Waals surface area (Å²) in [5.41, 5.74) is 3.40. The molecule has 5 rings (SSSR count). The van der Waals surface area contributed by atoms with Gasteiger partial charge in [-0.3, -0.25) is 4.79 Å². The number of fused-ring (bicyclic) bond motifs is 3. The van der Waals surface area contributed by atoms with Crippen LogP contribution < -0.4 is 5.32 Å². The number of amides is 2. The van der Waals surface area contributed by atoms with E-state index in [4.69, 9.17) is 4.74 Å². The molecule has 0 bridgehead atoms. The maximum absolute atomic E-state index is 13.7. The number of aliphatic carboxylic acids is 1. The van der Waals surface area contributed by atoms with E-state index < -0.39 is 23.6 Å². The number of benzene rings is 2. The molecule has 8 heteroatoms. The van der Waals surface area contributed by atoms with Crippen molar-refractivity contribution in [3.05, 3.63) is 59.7 Å². The number of carbonyl (C=O) groups excluding carboxylic acids is 2. The molecule has 2 fully saturated rings. The number of carbonyl (C=O) groups is 3. The molecule has 0 spiro atoms. The molecule has 3 aliphatic rings. The van der Waals surface area contributed by atoms with Crippen molar-refractivity contribution in [1.82, 2.24) is 10.2 Å². The number of alkyl carbamates (subject to hydrolysis) is 1. The van der Waals surface area contributed by atoms with Gasteiger partial charge in [-0.05, 0) is 41.0 Å². The van der Waals surface area contributed by atoms with E-state index >= 15 is 0 Å². The zero-order valence-electron chi connectivity index (χ0n) is 19.7. The summed E-state index contributed by atoms with van der Waals surface area (Å²) in [4.78, 5) is 39.9. The van der Waals surface area contributed by atoms with Crippen LogP contribution in [0.5, 0.6) is 0 Å². The lowest BCUT2D eigenvalue weighted by Gasteiger charge is -2.41. The molecule has 3 atom stereocenters. The van der Waals surface area contributed by atoms with Crippen LogP contribution >= 0.6 is 11.8 Å². The molecular formula is C27H30N2O5S. The Labute approximate surface area is 209 Å². The average Bonchev–Trinajstić information content (AvgIpc) is 3.46. The normalized spacial score (nSPS) is 25.6. The quantitative estimate of drug-likeness (QED) is 0.637. The van der Waals surface area contributed by atoms with Crippen molar-refractivity contribution in [2.45, 2.75) is 50.1 Å². The van der Waals surface area contributed by atoms with Crippen LogP contribution in [0, 0.1) is 5.92 Å². The fourth-order valence-electron chi connectivity index (χ4n) is 5.86. The third-order valence-electron chi connectivity index (χ3n) is 7.52. The van der Waals surface area contributed by atoms with E-state index in [9.17, 15) is 19.5 Å². The number of hydrogen-bond acceptors (Lipinski definition) is 5. The van der Waals surface area contributed by atoms with E-state index in [1.54, 1.807) is 0 Å². The maximum Gasteiger partial charge on any atom is 0.408 e. The lowest BCUT2D eigenvalue weighted by Crippen LogP contribution is -2.63. The monoisotopic (exact) mass is 494 g/mol.